The third kappa shape index (κ3) is 4.55. The van der Waals surface area contributed by atoms with Gasteiger partial charge in [0.1, 0.15) is 5.69 Å². The lowest BCUT2D eigenvalue weighted by Crippen LogP contribution is -2.11. The van der Waals surface area contributed by atoms with Gasteiger partial charge in [0.2, 0.25) is 0 Å². The van der Waals surface area contributed by atoms with Crippen LogP contribution < -0.4 is 5.32 Å². The minimum absolute atomic E-state index is 0.0982. The van der Waals surface area contributed by atoms with Crippen molar-refractivity contribution in [2.45, 2.75) is 13.3 Å². The van der Waals surface area contributed by atoms with E-state index in [0.717, 1.165) is 12.0 Å². The molecule has 5 nitrogen and oxygen atoms in total. The minimum Gasteiger partial charge on any atom is -0.379 e. The summed E-state index contributed by atoms with van der Waals surface area (Å²) in [6.45, 7) is 7.10. The largest absolute Gasteiger partial charge is 0.379 e. The van der Waals surface area contributed by atoms with E-state index in [9.17, 15) is 10.1 Å². The Labute approximate surface area is 107 Å². The predicted octanol–water partition coefficient (Wildman–Crippen LogP) is 2.91. The average molecular weight is 250 g/mol. The van der Waals surface area contributed by atoms with Crippen LogP contribution in [0.3, 0.4) is 0 Å². The van der Waals surface area contributed by atoms with Crippen molar-refractivity contribution in [3.8, 4) is 0 Å². The first-order chi connectivity index (χ1) is 8.65. The van der Waals surface area contributed by atoms with Crippen molar-refractivity contribution in [1.29, 1.82) is 0 Å². The second-order valence-corrected chi connectivity index (χ2v) is 3.89. The van der Waals surface area contributed by atoms with Gasteiger partial charge in [0.05, 0.1) is 18.1 Å². The molecule has 0 aliphatic heterocycles. The SMILES string of the molecule is C=CCCOCCNc1ccc(C)cc1[N+](=O)[O-]. The number of anilines is 1. The van der Waals surface area contributed by atoms with Crippen LogP contribution >= 0.6 is 0 Å². The summed E-state index contributed by atoms with van der Waals surface area (Å²) >= 11 is 0. The van der Waals surface area contributed by atoms with Crippen molar-refractivity contribution in [3.63, 3.8) is 0 Å². The fourth-order valence-corrected chi connectivity index (χ4v) is 1.47. The molecule has 0 saturated heterocycles. The highest BCUT2D eigenvalue weighted by molar-refractivity contribution is 5.62. The number of aryl methyl sites for hydroxylation is 1. The van der Waals surface area contributed by atoms with Crippen molar-refractivity contribution in [3.05, 3.63) is 46.5 Å². The van der Waals surface area contributed by atoms with Crippen LogP contribution in [0.4, 0.5) is 11.4 Å². The zero-order chi connectivity index (χ0) is 13.4. The number of ether oxygens (including phenoxy) is 1. The van der Waals surface area contributed by atoms with Crippen LogP contribution in [0.5, 0.6) is 0 Å². The molecule has 0 saturated carbocycles. The Morgan fingerprint density at radius 1 is 1.50 bits per heavy atom. The van der Waals surface area contributed by atoms with Crippen molar-refractivity contribution in [1.82, 2.24) is 0 Å². The average Bonchev–Trinajstić information content (AvgIpc) is 2.35. The van der Waals surface area contributed by atoms with E-state index in [1.807, 2.05) is 13.0 Å². The van der Waals surface area contributed by atoms with Gasteiger partial charge in [0.25, 0.3) is 5.69 Å². The monoisotopic (exact) mass is 250 g/mol. The number of benzene rings is 1. The summed E-state index contributed by atoms with van der Waals surface area (Å²) in [7, 11) is 0. The molecule has 0 aliphatic rings. The van der Waals surface area contributed by atoms with Crippen LogP contribution in [-0.4, -0.2) is 24.7 Å². The highest BCUT2D eigenvalue weighted by atomic mass is 16.6. The molecule has 0 fully saturated rings. The summed E-state index contributed by atoms with van der Waals surface area (Å²) in [5, 5.41) is 13.9. The molecular formula is C13H18N2O3. The van der Waals surface area contributed by atoms with E-state index in [1.165, 1.54) is 0 Å². The van der Waals surface area contributed by atoms with Crippen molar-refractivity contribution in [2.24, 2.45) is 0 Å². The topological polar surface area (TPSA) is 64.4 Å². The van der Waals surface area contributed by atoms with Crippen LogP contribution in [0.15, 0.2) is 30.9 Å². The standard InChI is InChI=1S/C13H18N2O3/c1-3-4-8-18-9-7-14-12-6-5-11(2)10-13(12)15(16)17/h3,5-6,10,14H,1,4,7-9H2,2H3. The summed E-state index contributed by atoms with van der Waals surface area (Å²) in [5.74, 6) is 0. The highest BCUT2D eigenvalue weighted by Gasteiger charge is 2.12. The van der Waals surface area contributed by atoms with Gasteiger partial charge in [-0.15, -0.1) is 6.58 Å². The zero-order valence-electron chi connectivity index (χ0n) is 10.5. The van der Waals surface area contributed by atoms with E-state index >= 15 is 0 Å². The molecule has 0 bridgehead atoms. The number of nitrogens with zero attached hydrogens (tertiary/aromatic N) is 1. The molecule has 0 heterocycles. The van der Waals surface area contributed by atoms with Crippen LogP contribution in [0.1, 0.15) is 12.0 Å². The fourth-order valence-electron chi connectivity index (χ4n) is 1.47. The summed E-state index contributed by atoms with van der Waals surface area (Å²) in [5.41, 5.74) is 1.49. The summed E-state index contributed by atoms with van der Waals surface area (Å²) in [6, 6.07) is 5.12. The first-order valence-corrected chi connectivity index (χ1v) is 5.82. The van der Waals surface area contributed by atoms with Crippen LogP contribution in [0.25, 0.3) is 0 Å². The number of nitrogens with one attached hydrogen (secondary N) is 1. The molecule has 0 aliphatic carbocycles. The molecule has 0 aromatic heterocycles. The maximum atomic E-state index is 10.9. The molecule has 5 heteroatoms. The van der Waals surface area contributed by atoms with E-state index in [1.54, 1.807) is 18.2 Å². The Bertz CT molecular complexity index is 419. The molecule has 98 valence electrons. The lowest BCUT2D eigenvalue weighted by Gasteiger charge is -2.08. The quantitative estimate of drug-likeness (QED) is 0.333. The van der Waals surface area contributed by atoms with E-state index in [2.05, 4.69) is 11.9 Å². The Kier molecular flexibility index (Phi) is 5.87. The van der Waals surface area contributed by atoms with Gasteiger partial charge in [-0.1, -0.05) is 12.1 Å². The Hall–Kier alpha value is -1.88. The van der Waals surface area contributed by atoms with Gasteiger partial charge in [-0.3, -0.25) is 10.1 Å². The maximum Gasteiger partial charge on any atom is 0.292 e. The molecule has 0 unspecified atom stereocenters. The van der Waals surface area contributed by atoms with Gasteiger partial charge < -0.3 is 10.1 Å². The number of nitro benzene ring substituents is 1. The predicted molar refractivity (Wildman–Crippen MR) is 72.0 cm³/mol. The Balaban J connectivity index is 2.46. The van der Waals surface area contributed by atoms with Gasteiger partial charge in [-0.05, 0) is 25.0 Å². The summed E-state index contributed by atoms with van der Waals surface area (Å²) in [4.78, 5) is 10.5. The van der Waals surface area contributed by atoms with E-state index in [0.29, 0.717) is 25.4 Å². The van der Waals surface area contributed by atoms with Gasteiger partial charge in [-0.2, -0.15) is 0 Å². The second-order valence-electron chi connectivity index (χ2n) is 3.89. The Morgan fingerprint density at radius 3 is 2.94 bits per heavy atom. The molecule has 0 radical (unpaired) electrons. The minimum atomic E-state index is -0.381. The number of hydrogen-bond donors (Lipinski definition) is 1. The molecule has 1 N–H and O–H groups in total. The smallest absolute Gasteiger partial charge is 0.292 e. The summed E-state index contributed by atoms with van der Waals surface area (Å²) < 4.78 is 5.32. The van der Waals surface area contributed by atoms with Gasteiger partial charge in [-0.25, -0.2) is 0 Å². The summed E-state index contributed by atoms with van der Waals surface area (Å²) in [6.07, 6.45) is 2.60. The molecule has 0 atom stereocenters. The zero-order valence-corrected chi connectivity index (χ0v) is 10.5. The van der Waals surface area contributed by atoms with Crippen LogP contribution in [-0.2, 0) is 4.74 Å². The number of rotatable bonds is 8. The van der Waals surface area contributed by atoms with Crippen molar-refractivity contribution in [2.75, 3.05) is 25.1 Å². The molecule has 0 amide bonds. The van der Waals surface area contributed by atoms with Gasteiger partial charge in [0.15, 0.2) is 0 Å². The fraction of sp³-hybridized carbons (Fsp3) is 0.385. The van der Waals surface area contributed by atoms with Crippen LogP contribution in [0.2, 0.25) is 0 Å². The lowest BCUT2D eigenvalue weighted by atomic mass is 10.2. The first-order valence-electron chi connectivity index (χ1n) is 5.82. The van der Waals surface area contributed by atoms with E-state index < -0.39 is 0 Å². The Morgan fingerprint density at radius 2 is 2.28 bits per heavy atom. The highest BCUT2D eigenvalue weighted by Crippen LogP contribution is 2.24. The maximum absolute atomic E-state index is 10.9. The van der Waals surface area contributed by atoms with Gasteiger partial charge in [0, 0.05) is 12.6 Å². The molecule has 0 spiro atoms. The second kappa shape index (κ2) is 7.45. The van der Waals surface area contributed by atoms with Gasteiger partial charge >= 0.3 is 0 Å². The molecule has 1 rings (SSSR count). The normalized spacial score (nSPS) is 10.1. The van der Waals surface area contributed by atoms with Crippen molar-refractivity contribution >= 4 is 11.4 Å². The number of nitro groups is 1. The van der Waals surface area contributed by atoms with Crippen LogP contribution in [0, 0.1) is 17.0 Å². The molecule has 18 heavy (non-hydrogen) atoms. The lowest BCUT2D eigenvalue weighted by molar-refractivity contribution is -0.384. The molecule has 1 aromatic rings. The van der Waals surface area contributed by atoms with E-state index in [-0.39, 0.29) is 10.6 Å². The van der Waals surface area contributed by atoms with Crippen molar-refractivity contribution < 1.29 is 9.66 Å². The number of hydrogen-bond acceptors (Lipinski definition) is 4. The third-order valence-electron chi connectivity index (χ3n) is 2.38. The molecular weight excluding hydrogens is 232 g/mol. The molecule has 1 aromatic carbocycles. The first kappa shape index (κ1) is 14.2. The third-order valence-corrected chi connectivity index (χ3v) is 2.38. The van der Waals surface area contributed by atoms with E-state index in [4.69, 9.17) is 4.74 Å².